The zero-order chi connectivity index (χ0) is 17.5. The van der Waals surface area contributed by atoms with Crippen LogP contribution in [0.25, 0.3) is 0 Å². The molecular formula is C17H26O5S. The van der Waals surface area contributed by atoms with Crippen molar-refractivity contribution in [2.24, 2.45) is 0 Å². The molecule has 2 rings (SSSR count). The van der Waals surface area contributed by atoms with Crippen molar-refractivity contribution in [3.8, 4) is 0 Å². The summed E-state index contributed by atoms with van der Waals surface area (Å²) in [5.41, 5.74) is 0.559. The number of aliphatic hydroxyl groups is 1. The van der Waals surface area contributed by atoms with Gasteiger partial charge in [0.25, 0.3) is 0 Å². The van der Waals surface area contributed by atoms with E-state index in [-0.39, 0.29) is 6.61 Å². The molecule has 23 heavy (non-hydrogen) atoms. The highest BCUT2D eigenvalue weighted by molar-refractivity contribution is 7.93. The second-order valence-corrected chi connectivity index (χ2v) is 10.2. The highest BCUT2D eigenvalue weighted by Crippen LogP contribution is 2.38. The van der Waals surface area contributed by atoms with E-state index in [2.05, 4.69) is 0 Å². The lowest BCUT2D eigenvalue weighted by atomic mass is 10.0. The van der Waals surface area contributed by atoms with Gasteiger partial charge in [-0.05, 0) is 40.2 Å². The van der Waals surface area contributed by atoms with Gasteiger partial charge >= 0.3 is 0 Å². The minimum Gasteiger partial charge on any atom is -0.389 e. The highest BCUT2D eigenvalue weighted by atomic mass is 32.2. The van der Waals surface area contributed by atoms with Gasteiger partial charge in [0.1, 0.15) is 17.5 Å². The van der Waals surface area contributed by atoms with Gasteiger partial charge in [0.05, 0.1) is 11.4 Å². The molecule has 1 N–H and O–H groups in total. The Labute approximate surface area is 138 Å². The van der Waals surface area contributed by atoms with Crippen molar-refractivity contribution in [2.45, 2.75) is 62.6 Å². The number of rotatable bonds is 4. The predicted molar refractivity (Wildman–Crippen MR) is 88.8 cm³/mol. The van der Waals surface area contributed by atoms with Gasteiger partial charge in [-0.3, -0.25) is 0 Å². The van der Waals surface area contributed by atoms with Crippen molar-refractivity contribution >= 4 is 9.84 Å². The number of aliphatic hydroxyl groups excluding tert-OH is 1. The molecule has 1 aromatic rings. The number of benzene rings is 1. The first-order valence-corrected chi connectivity index (χ1v) is 9.28. The third kappa shape index (κ3) is 3.76. The number of hydrogen-bond acceptors (Lipinski definition) is 5. The van der Waals surface area contributed by atoms with Crippen LogP contribution in [0.1, 0.15) is 45.4 Å². The Bertz CT molecular complexity index is 631. The molecule has 0 bridgehead atoms. The van der Waals surface area contributed by atoms with Gasteiger partial charge in [0, 0.05) is 0 Å². The Balaban J connectivity index is 2.43. The van der Waals surface area contributed by atoms with Crippen LogP contribution in [0, 0.1) is 0 Å². The summed E-state index contributed by atoms with van der Waals surface area (Å²) < 4.78 is 36.3. The molecule has 0 amide bonds. The molecule has 1 heterocycles. The topological polar surface area (TPSA) is 72.8 Å². The second-order valence-electron chi connectivity index (χ2n) is 7.35. The maximum Gasteiger partial charge on any atom is 0.164 e. The lowest BCUT2D eigenvalue weighted by Gasteiger charge is -2.32. The molecule has 3 atom stereocenters. The van der Waals surface area contributed by atoms with Crippen LogP contribution in [0.2, 0.25) is 0 Å². The molecule has 1 aromatic carbocycles. The summed E-state index contributed by atoms with van der Waals surface area (Å²) in [6.45, 7) is 8.57. The molecule has 1 fully saturated rings. The summed E-state index contributed by atoms with van der Waals surface area (Å²) in [6.07, 6.45) is -1.89. The standard InChI is InChI=1S/C17H26O5S/c1-16(2,3)23(19,20)15(12-9-7-6-8-10-12)14(18)13-11-21-17(4,5)22-13/h6-10,13-15,18H,11H2,1-5H3/t13-,14+,15+/m1/s1. The highest BCUT2D eigenvalue weighted by Gasteiger charge is 2.48. The van der Waals surface area contributed by atoms with Gasteiger partial charge in [-0.15, -0.1) is 0 Å². The van der Waals surface area contributed by atoms with E-state index in [1.165, 1.54) is 0 Å². The second kappa shape index (κ2) is 6.16. The number of sulfone groups is 1. The fraction of sp³-hybridized carbons (Fsp3) is 0.647. The van der Waals surface area contributed by atoms with Crippen LogP contribution in [0.15, 0.2) is 30.3 Å². The van der Waals surface area contributed by atoms with Crippen molar-refractivity contribution in [3.63, 3.8) is 0 Å². The molecular weight excluding hydrogens is 316 g/mol. The van der Waals surface area contributed by atoms with Gasteiger partial charge in [-0.2, -0.15) is 0 Å². The predicted octanol–water partition coefficient (Wildman–Crippen LogP) is 2.45. The van der Waals surface area contributed by atoms with Crippen molar-refractivity contribution in [1.29, 1.82) is 0 Å². The van der Waals surface area contributed by atoms with Crippen LogP contribution in [-0.4, -0.2) is 42.9 Å². The normalized spacial score (nSPS) is 24.3. The Kier molecular flexibility index (Phi) is 4.93. The average molecular weight is 342 g/mol. The third-order valence-corrected chi connectivity index (χ3v) is 6.96. The Morgan fingerprint density at radius 3 is 2.22 bits per heavy atom. The molecule has 5 nitrogen and oxygen atoms in total. The zero-order valence-electron chi connectivity index (χ0n) is 14.3. The van der Waals surface area contributed by atoms with E-state index in [0.29, 0.717) is 5.56 Å². The Morgan fingerprint density at radius 1 is 1.22 bits per heavy atom. The summed E-state index contributed by atoms with van der Waals surface area (Å²) in [4.78, 5) is 0. The Hall–Kier alpha value is -0.950. The molecule has 0 unspecified atom stereocenters. The summed E-state index contributed by atoms with van der Waals surface area (Å²) >= 11 is 0. The minimum atomic E-state index is -3.65. The quantitative estimate of drug-likeness (QED) is 0.910. The summed E-state index contributed by atoms with van der Waals surface area (Å²) in [6, 6.07) is 8.79. The van der Waals surface area contributed by atoms with E-state index in [9.17, 15) is 13.5 Å². The summed E-state index contributed by atoms with van der Waals surface area (Å²) in [5, 5.41) is 9.75. The molecule has 130 valence electrons. The van der Waals surface area contributed by atoms with Crippen molar-refractivity contribution in [1.82, 2.24) is 0 Å². The fourth-order valence-electron chi connectivity index (χ4n) is 2.66. The first-order chi connectivity index (χ1) is 10.5. The van der Waals surface area contributed by atoms with Crippen LogP contribution < -0.4 is 0 Å². The van der Waals surface area contributed by atoms with E-state index < -0.39 is 37.8 Å². The zero-order valence-corrected chi connectivity index (χ0v) is 15.1. The maximum absolute atomic E-state index is 13.1. The fourth-order valence-corrected chi connectivity index (χ4v) is 4.48. The van der Waals surface area contributed by atoms with Crippen LogP contribution in [-0.2, 0) is 19.3 Å². The van der Waals surface area contributed by atoms with Gasteiger partial charge < -0.3 is 14.6 Å². The van der Waals surface area contributed by atoms with Crippen LogP contribution in [0.3, 0.4) is 0 Å². The Morgan fingerprint density at radius 2 is 1.78 bits per heavy atom. The first kappa shape index (κ1) is 18.4. The lowest BCUT2D eigenvalue weighted by Crippen LogP contribution is -2.44. The third-order valence-electron chi connectivity index (χ3n) is 4.04. The molecule has 6 heteroatoms. The van der Waals surface area contributed by atoms with Crippen molar-refractivity contribution in [3.05, 3.63) is 35.9 Å². The number of hydrogen-bond donors (Lipinski definition) is 1. The van der Waals surface area contributed by atoms with Gasteiger partial charge in [0.15, 0.2) is 15.6 Å². The van der Waals surface area contributed by atoms with Crippen LogP contribution in [0.4, 0.5) is 0 Å². The maximum atomic E-state index is 13.1. The molecule has 1 aliphatic heterocycles. The molecule has 0 aliphatic carbocycles. The molecule has 1 aliphatic rings. The summed E-state index contributed by atoms with van der Waals surface area (Å²) in [5.74, 6) is -0.821. The molecule has 0 spiro atoms. The van der Waals surface area contributed by atoms with E-state index in [4.69, 9.17) is 9.47 Å². The largest absolute Gasteiger partial charge is 0.389 e. The SMILES string of the molecule is CC1(C)OC[C@H]([C@H](O)[C@H](c2ccccc2)S(=O)(=O)C(C)(C)C)O1. The van der Waals surface area contributed by atoms with Gasteiger partial charge in [-0.25, -0.2) is 8.42 Å². The number of ether oxygens (including phenoxy) is 2. The van der Waals surface area contributed by atoms with E-state index >= 15 is 0 Å². The lowest BCUT2D eigenvalue weighted by molar-refractivity contribution is -0.151. The summed E-state index contributed by atoms with van der Waals surface area (Å²) in [7, 11) is -3.65. The minimum absolute atomic E-state index is 0.164. The van der Waals surface area contributed by atoms with E-state index in [0.717, 1.165) is 0 Å². The van der Waals surface area contributed by atoms with Crippen LogP contribution in [0.5, 0.6) is 0 Å². The van der Waals surface area contributed by atoms with E-state index in [1.54, 1.807) is 58.9 Å². The monoisotopic (exact) mass is 342 g/mol. The molecule has 0 saturated carbocycles. The molecule has 0 aromatic heterocycles. The average Bonchev–Trinajstić information content (AvgIpc) is 2.79. The van der Waals surface area contributed by atoms with Gasteiger partial charge in [0.2, 0.25) is 0 Å². The van der Waals surface area contributed by atoms with Crippen LogP contribution >= 0.6 is 0 Å². The van der Waals surface area contributed by atoms with Crippen molar-refractivity contribution in [2.75, 3.05) is 6.61 Å². The first-order valence-electron chi connectivity index (χ1n) is 7.74. The molecule has 0 radical (unpaired) electrons. The smallest absolute Gasteiger partial charge is 0.164 e. The van der Waals surface area contributed by atoms with Gasteiger partial charge in [-0.1, -0.05) is 30.3 Å². The van der Waals surface area contributed by atoms with E-state index in [1.807, 2.05) is 6.07 Å². The molecule has 1 saturated heterocycles. The van der Waals surface area contributed by atoms with Crippen molar-refractivity contribution < 1.29 is 23.0 Å².